The Kier molecular flexibility index (Phi) is 3.84. The van der Waals surface area contributed by atoms with Crippen LogP contribution < -0.4 is 5.32 Å². The lowest BCUT2D eigenvalue weighted by atomic mass is 9.78. The summed E-state index contributed by atoms with van der Waals surface area (Å²) in [7, 11) is 0. The molecule has 1 saturated carbocycles. The second kappa shape index (κ2) is 4.89. The first kappa shape index (κ1) is 13.4. The molecule has 0 radical (unpaired) electrons. The molecule has 0 spiro atoms. The minimum absolute atomic E-state index is 0.333. The van der Waals surface area contributed by atoms with Crippen molar-refractivity contribution in [3.63, 3.8) is 0 Å². The van der Waals surface area contributed by atoms with Gasteiger partial charge in [-0.1, -0.05) is 27.2 Å². The van der Waals surface area contributed by atoms with Gasteiger partial charge < -0.3 is 10.4 Å². The van der Waals surface area contributed by atoms with Crippen molar-refractivity contribution in [2.75, 3.05) is 6.54 Å². The van der Waals surface area contributed by atoms with Gasteiger partial charge in [-0.3, -0.25) is 0 Å². The second-order valence-corrected chi connectivity index (χ2v) is 7.26. The summed E-state index contributed by atoms with van der Waals surface area (Å²) in [5, 5.41) is 14.5. The predicted molar refractivity (Wildman–Crippen MR) is 72.0 cm³/mol. The predicted octanol–water partition coefficient (Wildman–Crippen LogP) is 3.10. The SMILES string of the molecule is CC1CCNC(C2(O)CCCC(C)(C)CC2)C1. The summed E-state index contributed by atoms with van der Waals surface area (Å²) in [5.41, 5.74) is -0.0206. The van der Waals surface area contributed by atoms with Gasteiger partial charge in [0.1, 0.15) is 0 Å². The van der Waals surface area contributed by atoms with E-state index < -0.39 is 5.60 Å². The average molecular weight is 239 g/mol. The van der Waals surface area contributed by atoms with Crippen molar-refractivity contribution in [1.29, 1.82) is 0 Å². The van der Waals surface area contributed by atoms with Gasteiger partial charge in [0.05, 0.1) is 5.60 Å². The summed E-state index contributed by atoms with van der Waals surface area (Å²) in [6.45, 7) is 8.08. The number of piperidine rings is 1. The van der Waals surface area contributed by atoms with Gasteiger partial charge in [-0.2, -0.15) is 0 Å². The minimum Gasteiger partial charge on any atom is -0.388 e. The third kappa shape index (κ3) is 3.23. The van der Waals surface area contributed by atoms with Crippen LogP contribution in [0.1, 0.15) is 65.7 Å². The van der Waals surface area contributed by atoms with Gasteiger partial charge in [-0.05, 0) is 56.4 Å². The molecule has 1 heterocycles. The molecule has 17 heavy (non-hydrogen) atoms. The van der Waals surface area contributed by atoms with Crippen LogP contribution in [0.5, 0.6) is 0 Å². The van der Waals surface area contributed by atoms with E-state index in [9.17, 15) is 5.11 Å². The minimum atomic E-state index is -0.442. The molecule has 1 aliphatic heterocycles. The Bertz CT molecular complexity index is 264. The highest BCUT2D eigenvalue weighted by Gasteiger charge is 2.41. The third-order valence-corrected chi connectivity index (χ3v) is 5.01. The largest absolute Gasteiger partial charge is 0.388 e. The topological polar surface area (TPSA) is 32.3 Å². The number of rotatable bonds is 1. The van der Waals surface area contributed by atoms with Gasteiger partial charge in [0.2, 0.25) is 0 Å². The molecule has 3 atom stereocenters. The van der Waals surface area contributed by atoms with Crippen molar-refractivity contribution in [3.8, 4) is 0 Å². The van der Waals surface area contributed by atoms with Crippen molar-refractivity contribution >= 4 is 0 Å². The zero-order valence-electron chi connectivity index (χ0n) is 11.8. The van der Waals surface area contributed by atoms with Crippen molar-refractivity contribution in [1.82, 2.24) is 5.32 Å². The summed E-state index contributed by atoms with van der Waals surface area (Å²) in [6, 6.07) is 0.333. The molecule has 0 amide bonds. The Morgan fingerprint density at radius 1 is 1.12 bits per heavy atom. The standard InChI is InChI=1S/C15H29NO/c1-12-5-10-16-13(11-12)15(17)7-4-6-14(2,3)8-9-15/h12-13,16-17H,4-11H2,1-3H3. The molecule has 2 heteroatoms. The van der Waals surface area contributed by atoms with Crippen LogP contribution in [0.2, 0.25) is 0 Å². The quantitative estimate of drug-likeness (QED) is 0.689. The summed E-state index contributed by atoms with van der Waals surface area (Å²) < 4.78 is 0. The van der Waals surface area contributed by atoms with Crippen LogP contribution >= 0.6 is 0 Å². The van der Waals surface area contributed by atoms with E-state index in [-0.39, 0.29) is 0 Å². The second-order valence-electron chi connectivity index (χ2n) is 7.26. The fourth-order valence-corrected chi connectivity index (χ4v) is 3.54. The first-order valence-electron chi connectivity index (χ1n) is 7.37. The van der Waals surface area contributed by atoms with E-state index in [1.807, 2.05) is 0 Å². The van der Waals surface area contributed by atoms with Crippen LogP contribution in [-0.4, -0.2) is 23.3 Å². The van der Waals surface area contributed by atoms with Gasteiger partial charge in [-0.25, -0.2) is 0 Å². The molecule has 0 aromatic rings. The van der Waals surface area contributed by atoms with Crippen LogP contribution in [0.3, 0.4) is 0 Å². The molecular formula is C15H29NO. The van der Waals surface area contributed by atoms with E-state index in [4.69, 9.17) is 0 Å². The molecule has 2 N–H and O–H groups in total. The number of hydrogen-bond acceptors (Lipinski definition) is 2. The fourth-order valence-electron chi connectivity index (χ4n) is 3.54. The summed E-state index contributed by atoms with van der Waals surface area (Å²) >= 11 is 0. The lowest BCUT2D eigenvalue weighted by Crippen LogP contribution is -2.54. The average Bonchev–Trinajstić information content (AvgIpc) is 2.39. The summed E-state index contributed by atoms with van der Waals surface area (Å²) in [5.74, 6) is 0.765. The lowest BCUT2D eigenvalue weighted by Gasteiger charge is -2.41. The van der Waals surface area contributed by atoms with Crippen molar-refractivity contribution < 1.29 is 5.11 Å². The Hall–Kier alpha value is -0.0800. The maximum Gasteiger partial charge on any atom is 0.0800 e. The van der Waals surface area contributed by atoms with Crippen molar-refractivity contribution in [2.45, 2.75) is 77.4 Å². The van der Waals surface area contributed by atoms with E-state index in [0.717, 1.165) is 38.1 Å². The molecule has 2 fully saturated rings. The Morgan fingerprint density at radius 2 is 1.88 bits per heavy atom. The summed E-state index contributed by atoms with van der Waals surface area (Å²) in [6.07, 6.45) is 7.98. The number of hydrogen-bond donors (Lipinski definition) is 2. The highest BCUT2D eigenvalue weighted by Crippen LogP contribution is 2.41. The van der Waals surface area contributed by atoms with E-state index in [0.29, 0.717) is 11.5 Å². The Morgan fingerprint density at radius 3 is 2.59 bits per heavy atom. The normalized spacial score (nSPS) is 43.1. The fraction of sp³-hybridized carbons (Fsp3) is 1.00. The van der Waals surface area contributed by atoms with E-state index in [2.05, 4.69) is 26.1 Å². The zero-order chi connectivity index (χ0) is 12.5. The zero-order valence-corrected chi connectivity index (χ0v) is 11.8. The molecule has 1 saturated heterocycles. The molecule has 1 aliphatic carbocycles. The maximum atomic E-state index is 11.0. The van der Waals surface area contributed by atoms with Crippen LogP contribution in [0.15, 0.2) is 0 Å². The van der Waals surface area contributed by atoms with Gasteiger partial charge in [0, 0.05) is 6.04 Å². The molecule has 2 aliphatic rings. The molecule has 100 valence electrons. The first-order chi connectivity index (χ1) is 7.91. The third-order valence-electron chi connectivity index (χ3n) is 5.01. The van der Waals surface area contributed by atoms with Gasteiger partial charge in [0.15, 0.2) is 0 Å². The van der Waals surface area contributed by atoms with Crippen LogP contribution in [-0.2, 0) is 0 Å². The summed E-state index contributed by atoms with van der Waals surface area (Å²) in [4.78, 5) is 0. The van der Waals surface area contributed by atoms with Crippen molar-refractivity contribution in [2.24, 2.45) is 11.3 Å². The highest BCUT2D eigenvalue weighted by molar-refractivity contribution is 4.97. The first-order valence-corrected chi connectivity index (χ1v) is 7.37. The highest BCUT2D eigenvalue weighted by atomic mass is 16.3. The Balaban J connectivity index is 2.02. The number of nitrogens with one attached hydrogen (secondary N) is 1. The molecule has 0 aromatic heterocycles. The number of aliphatic hydroxyl groups is 1. The van der Waals surface area contributed by atoms with Gasteiger partial charge >= 0.3 is 0 Å². The van der Waals surface area contributed by atoms with Gasteiger partial charge in [-0.15, -0.1) is 0 Å². The van der Waals surface area contributed by atoms with Crippen LogP contribution in [0.4, 0.5) is 0 Å². The monoisotopic (exact) mass is 239 g/mol. The molecule has 0 bridgehead atoms. The lowest BCUT2D eigenvalue weighted by molar-refractivity contribution is -0.0280. The van der Waals surface area contributed by atoms with Gasteiger partial charge in [0.25, 0.3) is 0 Å². The molecular weight excluding hydrogens is 210 g/mol. The van der Waals surface area contributed by atoms with Crippen molar-refractivity contribution in [3.05, 3.63) is 0 Å². The van der Waals surface area contributed by atoms with Crippen LogP contribution in [0.25, 0.3) is 0 Å². The molecule has 0 aromatic carbocycles. The van der Waals surface area contributed by atoms with E-state index >= 15 is 0 Å². The Labute approximate surface area is 106 Å². The molecule has 3 unspecified atom stereocenters. The molecule has 2 nitrogen and oxygen atoms in total. The van der Waals surface area contributed by atoms with E-state index in [1.54, 1.807) is 0 Å². The maximum absolute atomic E-state index is 11.0. The smallest absolute Gasteiger partial charge is 0.0800 e. The molecule has 2 rings (SSSR count). The van der Waals surface area contributed by atoms with Crippen LogP contribution in [0, 0.1) is 11.3 Å². The van der Waals surface area contributed by atoms with E-state index in [1.165, 1.54) is 19.3 Å².